The van der Waals surface area contributed by atoms with E-state index in [0.717, 1.165) is 24.2 Å². The van der Waals surface area contributed by atoms with Crippen molar-refractivity contribution in [3.05, 3.63) is 34.7 Å². The van der Waals surface area contributed by atoms with E-state index in [-0.39, 0.29) is 0 Å². The summed E-state index contributed by atoms with van der Waals surface area (Å²) in [4.78, 5) is 18.2. The largest absolute Gasteiger partial charge is 0.355 e. The number of likely N-dealkylation sites (tertiary alicyclic amines) is 1. The van der Waals surface area contributed by atoms with Gasteiger partial charge in [-0.15, -0.1) is 11.3 Å². The molecule has 5 nitrogen and oxygen atoms in total. The zero-order valence-corrected chi connectivity index (χ0v) is 14.5. The first kappa shape index (κ1) is 15.0. The number of fused-ring (bicyclic) bond motifs is 1. The zero-order chi connectivity index (χ0) is 15.8. The van der Waals surface area contributed by atoms with Gasteiger partial charge in [0.25, 0.3) is 0 Å². The van der Waals surface area contributed by atoms with E-state index in [1.165, 1.54) is 36.6 Å². The average Bonchev–Trinajstić information content (AvgIpc) is 3.24. The highest BCUT2D eigenvalue weighted by molar-refractivity contribution is 7.09. The van der Waals surface area contributed by atoms with Gasteiger partial charge in [-0.05, 0) is 31.6 Å². The van der Waals surface area contributed by atoms with E-state index in [4.69, 9.17) is 0 Å². The number of anilines is 1. The van der Waals surface area contributed by atoms with Crippen molar-refractivity contribution in [2.75, 3.05) is 25.0 Å². The molecule has 2 aromatic rings. The Morgan fingerprint density at radius 1 is 1.30 bits per heavy atom. The molecule has 0 radical (unpaired) electrons. The molecule has 2 aromatic heterocycles. The predicted molar refractivity (Wildman–Crippen MR) is 92.6 cm³/mol. The molecule has 0 unspecified atom stereocenters. The molecule has 23 heavy (non-hydrogen) atoms. The van der Waals surface area contributed by atoms with Crippen LogP contribution in [0.25, 0.3) is 0 Å². The Hall–Kier alpha value is -1.53. The summed E-state index contributed by atoms with van der Waals surface area (Å²) < 4.78 is 0. The molecular weight excluding hydrogens is 306 g/mol. The minimum Gasteiger partial charge on any atom is -0.355 e. The van der Waals surface area contributed by atoms with Crippen LogP contribution >= 0.6 is 11.3 Å². The van der Waals surface area contributed by atoms with E-state index in [1.807, 2.05) is 6.20 Å². The van der Waals surface area contributed by atoms with Crippen LogP contribution in [0.3, 0.4) is 0 Å². The van der Waals surface area contributed by atoms with Crippen LogP contribution in [0.4, 0.5) is 5.82 Å². The Balaban J connectivity index is 1.43. The predicted octanol–water partition coefficient (Wildman–Crippen LogP) is 2.59. The van der Waals surface area contributed by atoms with Crippen molar-refractivity contribution in [1.82, 2.24) is 19.9 Å². The third-order valence-electron chi connectivity index (χ3n) is 5.36. The lowest BCUT2D eigenvalue weighted by molar-refractivity contribution is 0.294. The summed E-state index contributed by atoms with van der Waals surface area (Å²) in [6, 6.07) is 0.582. The van der Waals surface area contributed by atoms with Crippen molar-refractivity contribution >= 4 is 17.2 Å². The molecule has 3 heterocycles. The fourth-order valence-electron chi connectivity index (χ4n) is 4.29. The third kappa shape index (κ3) is 2.97. The minimum atomic E-state index is 0.582. The number of hydrogen-bond acceptors (Lipinski definition) is 6. The summed E-state index contributed by atoms with van der Waals surface area (Å²) >= 11 is 1.75. The van der Waals surface area contributed by atoms with E-state index in [0.29, 0.717) is 6.04 Å². The smallest absolute Gasteiger partial charge is 0.147 e. The summed E-state index contributed by atoms with van der Waals surface area (Å²) in [5.74, 6) is 2.55. The second-order valence-corrected chi connectivity index (χ2v) is 7.86. The summed E-state index contributed by atoms with van der Waals surface area (Å²) in [6.45, 7) is 5.47. The van der Waals surface area contributed by atoms with Gasteiger partial charge in [-0.25, -0.2) is 9.97 Å². The zero-order valence-electron chi connectivity index (χ0n) is 13.7. The Bertz CT molecular complexity index is 658. The normalized spacial score (nSPS) is 27.3. The third-order valence-corrected chi connectivity index (χ3v) is 6.18. The molecule has 1 saturated carbocycles. The monoisotopic (exact) mass is 329 g/mol. The van der Waals surface area contributed by atoms with Crippen molar-refractivity contribution in [3.63, 3.8) is 0 Å². The van der Waals surface area contributed by atoms with Gasteiger partial charge in [0, 0.05) is 50.5 Å². The van der Waals surface area contributed by atoms with E-state index in [9.17, 15) is 0 Å². The molecule has 4 rings (SSSR count). The first-order valence-corrected chi connectivity index (χ1v) is 9.21. The van der Waals surface area contributed by atoms with E-state index in [1.54, 1.807) is 23.7 Å². The van der Waals surface area contributed by atoms with Gasteiger partial charge < -0.3 is 4.90 Å². The van der Waals surface area contributed by atoms with E-state index in [2.05, 4.69) is 44.1 Å². The van der Waals surface area contributed by atoms with Crippen LogP contribution in [0.1, 0.15) is 23.5 Å². The first-order valence-electron chi connectivity index (χ1n) is 8.33. The fourth-order valence-corrected chi connectivity index (χ4v) is 4.90. The van der Waals surface area contributed by atoms with Gasteiger partial charge in [-0.2, -0.15) is 0 Å². The van der Waals surface area contributed by atoms with Crippen molar-refractivity contribution < 1.29 is 0 Å². The molecule has 1 aliphatic heterocycles. The average molecular weight is 329 g/mol. The van der Waals surface area contributed by atoms with Crippen LogP contribution in [0.2, 0.25) is 0 Å². The molecule has 0 N–H and O–H groups in total. The molecule has 1 saturated heterocycles. The van der Waals surface area contributed by atoms with E-state index < -0.39 is 0 Å². The quantitative estimate of drug-likeness (QED) is 0.863. The van der Waals surface area contributed by atoms with Crippen molar-refractivity contribution in [3.8, 4) is 0 Å². The summed E-state index contributed by atoms with van der Waals surface area (Å²) in [5, 5.41) is 3.37. The number of aryl methyl sites for hydroxylation is 1. The molecular formula is C17H23N5S. The number of nitrogens with zero attached hydrogens (tertiary/aromatic N) is 5. The van der Waals surface area contributed by atoms with Gasteiger partial charge in [-0.3, -0.25) is 9.88 Å². The van der Waals surface area contributed by atoms with Crippen molar-refractivity contribution in [2.24, 2.45) is 11.8 Å². The van der Waals surface area contributed by atoms with Gasteiger partial charge in [-0.1, -0.05) is 0 Å². The molecule has 6 heteroatoms. The topological polar surface area (TPSA) is 45.2 Å². The van der Waals surface area contributed by atoms with Gasteiger partial charge >= 0.3 is 0 Å². The molecule has 0 aromatic carbocycles. The number of hydrogen-bond donors (Lipinski definition) is 0. The van der Waals surface area contributed by atoms with Crippen molar-refractivity contribution in [1.29, 1.82) is 0 Å². The summed E-state index contributed by atoms with van der Waals surface area (Å²) in [6.07, 6.45) is 7.99. The van der Waals surface area contributed by atoms with Gasteiger partial charge in [0.05, 0.1) is 16.9 Å². The van der Waals surface area contributed by atoms with Gasteiger partial charge in [0.2, 0.25) is 0 Å². The molecule has 3 atom stereocenters. The Morgan fingerprint density at radius 2 is 2.22 bits per heavy atom. The molecule has 2 fully saturated rings. The van der Waals surface area contributed by atoms with Crippen LogP contribution in [-0.2, 0) is 6.54 Å². The Morgan fingerprint density at radius 3 is 2.96 bits per heavy atom. The fraction of sp³-hybridized carbons (Fsp3) is 0.588. The van der Waals surface area contributed by atoms with E-state index >= 15 is 0 Å². The summed E-state index contributed by atoms with van der Waals surface area (Å²) in [7, 11) is 2.17. The maximum atomic E-state index is 4.62. The maximum Gasteiger partial charge on any atom is 0.147 e. The Kier molecular flexibility index (Phi) is 4.03. The van der Waals surface area contributed by atoms with Gasteiger partial charge in [0.1, 0.15) is 5.82 Å². The lowest BCUT2D eigenvalue weighted by Gasteiger charge is -2.30. The highest BCUT2D eigenvalue weighted by Gasteiger charge is 2.44. The maximum absolute atomic E-state index is 4.62. The lowest BCUT2D eigenvalue weighted by Crippen LogP contribution is -2.38. The van der Waals surface area contributed by atoms with Crippen LogP contribution in [0.15, 0.2) is 24.0 Å². The highest BCUT2D eigenvalue weighted by atomic mass is 32.1. The lowest BCUT2D eigenvalue weighted by atomic mass is 9.97. The highest BCUT2D eigenvalue weighted by Crippen LogP contribution is 2.41. The minimum absolute atomic E-state index is 0.582. The molecule has 1 aliphatic carbocycles. The van der Waals surface area contributed by atoms with Crippen LogP contribution < -0.4 is 4.90 Å². The number of aromatic nitrogens is 3. The molecule has 0 spiro atoms. The molecule has 0 bridgehead atoms. The standard InChI is InChI=1S/C17H23N5S/c1-12-20-14(11-23-12)9-22-8-13-3-4-16(15(13)10-22)21(2)17-7-18-5-6-19-17/h5-7,11,13,15-16H,3-4,8-10H2,1-2H3/t13-,15+,16-/m1/s1. The van der Waals surface area contributed by atoms with Crippen LogP contribution in [0, 0.1) is 18.8 Å². The van der Waals surface area contributed by atoms with Crippen molar-refractivity contribution in [2.45, 2.75) is 32.4 Å². The number of thiazole rings is 1. The molecule has 0 amide bonds. The Labute approximate surface area is 141 Å². The molecule has 2 aliphatic rings. The van der Waals surface area contributed by atoms with Gasteiger partial charge in [0.15, 0.2) is 0 Å². The second kappa shape index (κ2) is 6.17. The SMILES string of the molecule is Cc1nc(CN2C[C@H]3CC[C@@H](N(C)c4cnccn4)[C@H]3C2)cs1. The second-order valence-electron chi connectivity index (χ2n) is 6.80. The molecule has 122 valence electrons. The summed E-state index contributed by atoms with van der Waals surface area (Å²) in [5.41, 5.74) is 1.23. The van der Waals surface area contributed by atoms with Crippen LogP contribution in [-0.4, -0.2) is 46.0 Å². The first-order chi connectivity index (χ1) is 11.2. The van der Waals surface area contributed by atoms with Crippen LogP contribution in [0.5, 0.6) is 0 Å². The number of rotatable bonds is 4.